The average Bonchev–Trinajstić information content (AvgIpc) is 2.83. The first-order chi connectivity index (χ1) is 16.3. The second kappa shape index (κ2) is 10.8. The van der Waals surface area contributed by atoms with Gasteiger partial charge in [-0.2, -0.15) is 0 Å². The molecule has 0 radical (unpaired) electrons. The van der Waals surface area contributed by atoms with Crippen LogP contribution < -0.4 is 10.1 Å². The fourth-order valence-electron chi connectivity index (χ4n) is 3.85. The van der Waals surface area contributed by atoms with E-state index in [1.807, 2.05) is 42.5 Å². The number of piperidine rings is 1. The fourth-order valence-corrected chi connectivity index (χ4v) is 5.77. The zero-order valence-electron chi connectivity index (χ0n) is 18.3. The summed E-state index contributed by atoms with van der Waals surface area (Å²) < 4.78 is 33.4. The van der Waals surface area contributed by atoms with Crippen molar-refractivity contribution in [1.29, 1.82) is 0 Å². The van der Waals surface area contributed by atoms with Crippen LogP contribution in [0.25, 0.3) is 0 Å². The van der Waals surface area contributed by atoms with Gasteiger partial charge in [-0.15, -0.1) is 0 Å². The maximum Gasteiger partial charge on any atom is 0.228 e. The first-order valence-corrected chi connectivity index (χ1v) is 13.2. The number of amides is 1. The number of para-hydroxylation sites is 3. The number of anilines is 1. The zero-order chi connectivity index (χ0) is 24.1. The van der Waals surface area contributed by atoms with Crippen molar-refractivity contribution in [1.82, 2.24) is 4.31 Å². The predicted octanol–water partition coefficient (Wildman–Crippen LogP) is 5.97. The van der Waals surface area contributed by atoms with Crippen LogP contribution in [0.15, 0.2) is 72.8 Å². The molecule has 0 bridgehead atoms. The fraction of sp³-hybridized carbons (Fsp3) is 0.240. The highest BCUT2D eigenvalue weighted by molar-refractivity contribution is 7.88. The van der Waals surface area contributed by atoms with Gasteiger partial charge in [0.2, 0.25) is 15.9 Å². The third kappa shape index (κ3) is 6.10. The van der Waals surface area contributed by atoms with Gasteiger partial charge in [0.05, 0.1) is 27.4 Å². The van der Waals surface area contributed by atoms with Crippen LogP contribution in [0.2, 0.25) is 10.0 Å². The predicted molar refractivity (Wildman–Crippen MR) is 135 cm³/mol. The van der Waals surface area contributed by atoms with Crippen LogP contribution in [-0.4, -0.2) is 31.7 Å². The molecule has 1 saturated heterocycles. The normalized spacial score (nSPS) is 16.7. The van der Waals surface area contributed by atoms with E-state index in [9.17, 15) is 13.2 Å². The summed E-state index contributed by atoms with van der Waals surface area (Å²) >= 11 is 12.0. The lowest BCUT2D eigenvalue weighted by molar-refractivity contribution is -0.120. The van der Waals surface area contributed by atoms with E-state index in [-0.39, 0.29) is 18.2 Å². The number of hydrogen-bond donors (Lipinski definition) is 1. The highest BCUT2D eigenvalue weighted by Gasteiger charge is 2.32. The summed E-state index contributed by atoms with van der Waals surface area (Å²) in [5, 5.41) is 3.59. The number of halogens is 2. The van der Waals surface area contributed by atoms with Gasteiger partial charge in [0.15, 0.2) is 5.75 Å². The second-order valence-corrected chi connectivity index (χ2v) is 10.9. The van der Waals surface area contributed by atoms with Crippen molar-refractivity contribution >= 4 is 44.8 Å². The Labute approximate surface area is 209 Å². The van der Waals surface area contributed by atoms with E-state index < -0.39 is 15.9 Å². The second-order valence-electron chi connectivity index (χ2n) is 8.10. The third-order valence-corrected chi connectivity index (χ3v) is 8.15. The van der Waals surface area contributed by atoms with Gasteiger partial charge in [-0.25, -0.2) is 12.7 Å². The molecule has 0 saturated carbocycles. The van der Waals surface area contributed by atoms with E-state index in [4.69, 9.17) is 27.9 Å². The summed E-state index contributed by atoms with van der Waals surface area (Å²) in [5.74, 6) is 0.260. The minimum atomic E-state index is -3.63. The zero-order valence-corrected chi connectivity index (χ0v) is 20.6. The van der Waals surface area contributed by atoms with Crippen LogP contribution in [0.5, 0.6) is 11.5 Å². The quantitative estimate of drug-likeness (QED) is 0.418. The number of hydrogen-bond acceptors (Lipinski definition) is 4. The Morgan fingerprint density at radius 2 is 1.74 bits per heavy atom. The number of carbonyl (C=O) groups excluding carboxylic acids is 1. The first-order valence-electron chi connectivity index (χ1n) is 10.9. The Balaban J connectivity index is 1.43. The van der Waals surface area contributed by atoms with Gasteiger partial charge in [-0.3, -0.25) is 4.79 Å². The van der Waals surface area contributed by atoms with Crippen molar-refractivity contribution in [2.45, 2.75) is 18.6 Å². The Hall–Kier alpha value is -2.58. The maximum absolute atomic E-state index is 13.1. The smallest absolute Gasteiger partial charge is 0.228 e. The minimum Gasteiger partial charge on any atom is -0.455 e. The van der Waals surface area contributed by atoms with Crippen LogP contribution in [0.1, 0.15) is 18.4 Å². The van der Waals surface area contributed by atoms with Crippen molar-refractivity contribution in [2.75, 3.05) is 18.4 Å². The number of benzene rings is 3. The molecular weight excluding hydrogens is 495 g/mol. The molecule has 0 unspecified atom stereocenters. The number of rotatable bonds is 7. The largest absolute Gasteiger partial charge is 0.455 e. The van der Waals surface area contributed by atoms with Crippen molar-refractivity contribution in [2.24, 2.45) is 5.92 Å². The molecule has 0 spiro atoms. The van der Waals surface area contributed by atoms with Gasteiger partial charge in [-0.05, 0) is 54.8 Å². The molecule has 3 aromatic rings. The average molecular weight is 519 g/mol. The molecule has 34 heavy (non-hydrogen) atoms. The van der Waals surface area contributed by atoms with Crippen LogP contribution in [0.3, 0.4) is 0 Å². The van der Waals surface area contributed by atoms with E-state index in [0.717, 1.165) is 0 Å². The summed E-state index contributed by atoms with van der Waals surface area (Å²) in [4.78, 5) is 13.1. The number of carbonyl (C=O) groups is 1. The van der Waals surface area contributed by atoms with E-state index in [2.05, 4.69) is 5.32 Å². The molecular formula is C25H24Cl2N2O4S. The topological polar surface area (TPSA) is 75.7 Å². The van der Waals surface area contributed by atoms with Gasteiger partial charge < -0.3 is 10.1 Å². The Bertz CT molecular complexity index is 1270. The summed E-state index contributed by atoms with van der Waals surface area (Å²) in [6, 6.07) is 21.2. The molecule has 1 fully saturated rings. The highest BCUT2D eigenvalue weighted by atomic mass is 35.5. The Morgan fingerprint density at radius 3 is 2.50 bits per heavy atom. The van der Waals surface area contributed by atoms with Crippen molar-refractivity contribution in [3.63, 3.8) is 0 Å². The van der Waals surface area contributed by atoms with Crippen LogP contribution in [-0.2, 0) is 20.6 Å². The molecule has 1 N–H and O–H groups in total. The SMILES string of the molecule is O=C(Nc1ccccc1Oc1ccccc1)[C@@H]1CCCN(S(=O)(=O)Cc2ccc(Cl)c(Cl)c2)C1. The van der Waals surface area contributed by atoms with Crippen LogP contribution >= 0.6 is 23.2 Å². The van der Waals surface area contributed by atoms with Gasteiger partial charge in [-0.1, -0.05) is 59.6 Å². The minimum absolute atomic E-state index is 0.122. The lowest BCUT2D eigenvalue weighted by Gasteiger charge is -2.31. The van der Waals surface area contributed by atoms with Gasteiger partial charge >= 0.3 is 0 Å². The third-order valence-electron chi connectivity index (χ3n) is 5.60. The molecule has 4 rings (SSSR count). The Kier molecular flexibility index (Phi) is 7.78. The van der Waals surface area contributed by atoms with Gasteiger partial charge in [0, 0.05) is 13.1 Å². The van der Waals surface area contributed by atoms with Crippen molar-refractivity contribution in [3.05, 3.63) is 88.4 Å². The summed E-state index contributed by atoms with van der Waals surface area (Å²) in [5.41, 5.74) is 1.08. The summed E-state index contributed by atoms with van der Waals surface area (Å²) in [6.45, 7) is 0.498. The van der Waals surface area contributed by atoms with E-state index in [1.165, 1.54) is 4.31 Å². The molecule has 1 atom stereocenters. The van der Waals surface area contributed by atoms with E-state index >= 15 is 0 Å². The molecule has 0 aromatic heterocycles. The number of nitrogens with zero attached hydrogens (tertiary/aromatic N) is 1. The molecule has 9 heteroatoms. The molecule has 3 aromatic carbocycles. The molecule has 1 aliphatic rings. The number of ether oxygens (including phenoxy) is 1. The number of nitrogens with one attached hydrogen (secondary N) is 1. The monoisotopic (exact) mass is 518 g/mol. The lowest BCUT2D eigenvalue weighted by Crippen LogP contribution is -2.44. The van der Waals surface area contributed by atoms with Gasteiger partial charge in [0.1, 0.15) is 5.75 Å². The Morgan fingerprint density at radius 1 is 1.00 bits per heavy atom. The highest BCUT2D eigenvalue weighted by Crippen LogP contribution is 2.31. The van der Waals surface area contributed by atoms with E-state index in [0.29, 0.717) is 52.2 Å². The standard InChI is InChI=1S/C25H24Cl2N2O4S/c26-21-13-12-18(15-22(21)27)17-34(31,32)29-14-6-7-19(16-29)25(30)28-23-10-4-5-11-24(23)33-20-8-2-1-3-9-20/h1-5,8-13,15,19H,6-7,14,16-17H2,(H,28,30)/t19-/m1/s1. The summed E-state index contributed by atoms with van der Waals surface area (Å²) in [7, 11) is -3.63. The molecule has 0 aliphatic carbocycles. The van der Waals surface area contributed by atoms with Crippen LogP contribution in [0.4, 0.5) is 5.69 Å². The number of sulfonamides is 1. The maximum atomic E-state index is 13.1. The molecule has 6 nitrogen and oxygen atoms in total. The van der Waals surface area contributed by atoms with Crippen LogP contribution in [0, 0.1) is 5.92 Å². The molecule has 1 amide bonds. The molecule has 1 aliphatic heterocycles. The van der Waals surface area contributed by atoms with Crippen molar-refractivity contribution in [3.8, 4) is 11.5 Å². The van der Waals surface area contributed by atoms with Gasteiger partial charge in [0.25, 0.3) is 0 Å². The first kappa shape index (κ1) is 24.5. The van der Waals surface area contributed by atoms with E-state index in [1.54, 1.807) is 30.3 Å². The lowest BCUT2D eigenvalue weighted by atomic mass is 9.98. The summed E-state index contributed by atoms with van der Waals surface area (Å²) in [6.07, 6.45) is 1.20. The molecule has 1 heterocycles. The molecule has 178 valence electrons. The van der Waals surface area contributed by atoms with Crippen molar-refractivity contribution < 1.29 is 17.9 Å².